The molecule has 3 amide bonds. The summed E-state index contributed by atoms with van der Waals surface area (Å²) in [7, 11) is 0. The highest BCUT2D eigenvalue weighted by Crippen LogP contribution is 2.38. The lowest BCUT2D eigenvalue weighted by Gasteiger charge is -2.31. The van der Waals surface area contributed by atoms with E-state index in [2.05, 4.69) is 10.1 Å². The average Bonchev–Trinajstić information content (AvgIpc) is 3.43. The van der Waals surface area contributed by atoms with Crippen LogP contribution >= 0.6 is 11.6 Å². The smallest absolute Gasteiger partial charge is 0.233 e. The van der Waals surface area contributed by atoms with Crippen molar-refractivity contribution >= 4 is 29.3 Å². The lowest BCUT2D eigenvalue weighted by Crippen LogP contribution is -2.41. The van der Waals surface area contributed by atoms with Crippen LogP contribution in [0.2, 0.25) is 5.02 Å². The van der Waals surface area contributed by atoms with Gasteiger partial charge >= 0.3 is 0 Å². The second kappa shape index (κ2) is 9.25. The summed E-state index contributed by atoms with van der Waals surface area (Å²) in [6.07, 6.45) is 5.42. The van der Waals surface area contributed by atoms with Crippen LogP contribution in [0, 0.1) is 11.8 Å². The number of likely N-dealkylation sites (tertiary alicyclic amines) is 2. The van der Waals surface area contributed by atoms with Crippen molar-refractivity contribution in [3.8, 4) is 11.4 Å². The van der Waals surface area contributed by atoms with E-state index in [0.717, 1.165) is 44.1 Å². The van der Waals surface area contributed by atoms with Gasteiger partial charge in [0.05, 0.1) is 17.8 Å². The Morgan fingerprint density at radius 2 is 1.73 bits per heavy atom. The minimum absolute atomic E-state index is 0.0332. The number of carbonyl (C=O) groups excluding carboxylic acids is 3. The van der Waals surface area contributed by atoms with Gasteiger partial charge in [0.25, 0.3) is 0 Å². The van der Waals surface area contributed by atoms with Crippen molar-refractivity contribution in [2.45, 2.75) is 50.9 Å². The van der Waals surface area contributed by atoms with Gasteiger partial charge in [-0.25, -0.2) is 0 Å². The molecule has 9 heteroatoms. The van der Waals surface area contributed by atoms with Crippen LogP contribution in [0.3, 0.4) is 0 Å². The molecule has 2 aliphatic heterocycles. The van der Waals surface area contributed by atoms with E-state index in [1.54, 1.807) is 17.0 Å². The fourth-order valence-corrected chi connectivity index (χ4v) is 5.47. The number of rotatable bonds is 5. The molecule has 1 aliphatic carbocycles. The molecular formula is C24H27ClN4O4. The van der Waals surface area contributed by atoms with Crippen LogP contribution in [0.15, 0.2) is 28.8 Å². The maximum absolute atomic E-state index is 12.9. The molecule has 2 saturated heterocycles. The monoisotopic (exact) mass is 470 g/mol. The summed E-state index contributed by atoms with van der Waals surface area (Å²) in [5.41, 5.74) is 0.818. The minimum atomic E-state index is -0.173. The Labute approximate surface area is 197 Å². The lowest BCUT2D eigenvalue weighted by atomic mass is 9.81. The fourth-order valence-electron chi connectivity index (χ4n) is 5.34. The van der Waals surface area contributed by atoms with Crippen LogP contribution in [0.25, 0.3) is 11.4 Å². The zero-order valence-electron chi connectivity index (χ0n) is 18.4. The van der Waals surface area contributed by atoms with Gasteiger partial charge in [-0.2, -0.15) is 4.98 Å². The molecule has 5 rings (SSSR count). The van der Waals surface area contributed by atoms with Gasteiger partial charge in [-0.1, -0.05) is 29.6 Å². The van der Waals surface area contributed by atoms with Gasteiger partial charge in [0, 0.05) is 36.6 Å². The third-order valence-corrected chi connectivity index (χ3v) is 7.40. The Morgan fingerprint density at radius 1 is 1.03 bits per heavy atom. The number of benzene rings is 1. The zero-order valence-corrected chi connectivity index (χ0v) is 19.2. The number of aromatic nitrogens is 2. The summed E-state index contributed by atoms with van der Waals surface area (Å²) in [5.74, 6) is 0.413. The van der Waals surface area contributed by atoms with Gasteiger partial charge in [0.2, 0.25) is 29.4 Å². The number of imide groups is 1. The standard InChI is InChI=1S/C24H27ClN4O4/c25-17-9-7-15(8-10-17)21-26-22(33-27-21)16-4-3-12-28(14-16)20(30)11-13-29-23(31)18-5-1-2-6-19(18)24(29)32/h7-10,16,18-19H,1-6,11-14H2/t16-,18-,19+/m1/s1. The molecule has 0 radical (unpaired) electrons. The molecule has 0 unspecified atom stereocenters. The third kappa shape index (κ3) is 4.40. The van der Waals surface area contributed by atoms with E-state index in [1.165, 1.54) is 4.90 Å². The van der Waals surface area contributed by atoms with Crippen molar-refractivity contribution in [2.75, 3.05) is 19.6 Å². The van der Waals surface area contributed by atoms with Crippen molar-refractivity contribution in [3.63, 3.8) is 0 Å². The highest BCUT2D eigenvalue weighted by molar-refractivity contribution is 6.30. The third-order valence-electron chi connectivity index (χ3n) is 7.15. The van der Waals surface area contributed by atoms with Crippen LogP contribution < -0.4 is 0 Å². The second-order valence-electron chi connectivity index (χ2n) is 9.22. The SMILES string of the molecule is O=C(CCN1C(=O)[C@H]2CCCC[C@H]2C1=O)N1CCC[C@@H](c2nc(-c3ccc(Cl)cc3)no2)C1. The number of halogens is 1. The molecule has 3 atom stereocenters. The van der Waals surface area contributed by atoms with Crippen LogP contribution in [0.5, 0.6) is 0 Å². The number of nitrogens with zero attached hydrogens (tertiary/aromatic N) is 4. The van der Waals surface area contributed by atoms with E-state index >= 15 is 0 Å². The van der Waals surface area contributed by atoms with Gasteiger partial charge in [-0.15, -0.1) is 0 Å². The maximum Gasteiger partial charge on any atom is 0.233 e. The van der Waals surface area contributed by atoms with Crippen LogP contribution in [-0.2, 0) is 14.4 Å². The number of fused-ring (bicyclic) bond motifs is 1. The number of carbonyl (C=O) groups is 3. The predicted molar refractivity (Wildman–Crippen MR) is 120 cm³/mol. The summed E-state index contributed by atoms with van der Waals surface area (Å²) in [5, 5.41) is 4.73. The Bertz CT molecular complexity index is 1030. The Hall–Kier alpha value is -2.74. The molecule has 3 fully saturated rings. The van der Waals surface area contributed by atoms with Crippen molar-refractivity contribution in [1.29, 1.82) is 0 Å². The summed E-state index contributed by atoms with van der Waals surface area (Å²) < 4.78 is 5.51. The van der Waals surface area contributed by atoms with Gasteiger partial charge in [-0.05, 0) is 49.9 Å². The molecule has 0 spiro atoms. The molecule has 2 aromatic rings. The maximum atomic E-state index is 12.9. The first-order valence-electron chi connectivity index (χ1n) is 11.7. The molecule has 8 nitrogen and oxygen atoms in total. The van der Waals surface area contributed by atoms with Crippen molar-refractivity contribution in [2.24, 2.45) is 11.8 Å². The minimum Gasteiger partial charge on any atom is -0.342 e. The molecule has 33 heavy (non-hydrogen) atoms. The van der Waals surface area contributed by atoms with Gasteiger partial charge in [0.15, 0.2) is 0 Å². The first kappa shape index (κ1) is 22.1. The van der Waals surface area contributed by atoms with E-state index in [-0.39, 0.29) is 48.4 Å². The highest BCUT2D eigenvalue weighted by atomic mass is 35.5. The van der Waals surface area contributed by atoms with Gasteiger partial charge in [-0.3, -0.25) is 19.3 Å². The molecule has 3 heterocycles. The van der Waals surface area contributed by atoms with Crippen LogP contribution in [0.1, 0.15) is 56.8 Å². The summed E-state index contributed by atoms with van der Waals surface area (Å²) in [6.45, 7) is 1.32. The van der Waals surface area contributed by atoms with Gasteiger partial charge in [0.1, 0.15) is 0 Å². The first-order valence-corrected chi connectivity index (χ1v) is 12.1. The molecule has 0 N–H and O–H groups in total. The van der Waals surface area contributed by atoms with E-state index in [9.17, 15) is 14.4 Å². The van der Waals surface area contributed by atoms with E-state index in [1.807, 2.05) is 12.1 Å². The number of piperidine rings is 1. The average molecular weight is 471 g/mol. The molecule has 1 aromatic heterocycles. The van der Waals surface area contributed by atoms with Crippen molar-refractivity contribution in [3.05, 3.63) is 35.2 Å². The summed E-state index contributed by atoms with van der Waals surface area (Å²) >= 11 is 5.94. The van der Waals surface area contributed by atoms with E-state index in [4.69, 9.17) is 16.1 Å². The highest BCUT2D eigenvalue weighted by Gasteiger charge is 2.48. The molecule has 174 valence electrons. The van der Waals surface area contributed by atoms with Crippen molar-refractivity contribution < 1.29 is 18.9 Å². The zero-order chi connectivity index (χ0) is 22.9. The molecule has 3 aliphatic rings. The largest absolute Gasteiger partial charge is 0.342 e. The fraction of sp³-hybridized carbons (Fsp3) is 0.542. The molecule has 1 aromatic carbocycles. The Balaban J connectivity index is 1.19. The quantitative estimate of drug-likeness (QED) is 0.618. The summed E-state index contributed by atoms with van der Waals surface area (Å²) in [4.78, 5) is 45.9. The predicted octanol–water partition coefficient (Wildman–Crippen LogP) is 3.66. The van der Waals surface area contributed by atoms with Crippen LogP contribution in [0.4, 0.5) is 0 Å². The molecular weight excluding hydrogens is 444 g/mol. The van der Waals surface area contributed by atoms with Crippen LogP contribution in [-0.4, -0.2) is 57.3 Å². The van der Waals surface area contributed by atoms with E-state index in [0.29, 0.717) is 29.8 Å². The van der Waals surface area contributed by atoms with E-state index < -0.39 is 0 Å². The lowest BCUT2D eigenvalue weighted by molar-refractivity contribution is -0.141. The Kier molecular flexibility index (Phi) is 6.19. The van der Waals surface area contributed by atoms with Gasteiger partial charge < -0.3 is 9.42 Å². The molecule has 0 bridgehead atoms. The topological polar surface area (TPSA) is 96.6 Å². The Morgan fingerprint density at radius 3 is 2.42 bits per heavy atom. The first-order chi connectivity index (χ1) is 16.0. The molecule has 1 saturated carbocycles. The van der Waals surface area contributed by atoms with Crippen molar-refractivity contribution in [1.82, 2.24) is 19.9 Å². The number of hydrogen-bond acceptors (Lipinski definition) is 6. The summed E-state index contributed by atoms with van der Waals surface area (Å²) in [6, 6.07) is 7.23. The number of amides is 3. The number of hydrogen-bond donors (Lipinski definition) is 0. The second-order valence-corrected chi connectivity index (χ2v) is 9.65. The normalized spacial score (nSPS) is 25.4.